The first-order chi connectivity index (χ1) is 19.3. The zero-order chi connectivity index (χ0) is 27.9. The van der Waals surface area contributed by atoms with Gasteiger partial charge in [-0.1, -0.05) is 48.5 Å². The Labute approximate surface area is 239 Å². The summed E-state index contributed by atoms with van der Waals surface area (Å²) in [5.41, 5.74) is 6.60. The zero-order valence-electron chi connectivity index (χ0n) is 24.6. The summed E-state index contributed by atoms with van der Waals surface area (Å²) in [6.45, 7) is 8.85. The molecule has 40 heavy (non-hydrogen) atoms. The van der Waals surface area contributed by atoms with Crippen LogP contribution in [-0.4, -0.2) is 51.4 Å². The maximum Gasteiger partial charge on any atom is 0.161 e. The van der Waals surface area contributed by atoms with Gasteiger partial charge in [0.2, 0.25) is 0 Å². The molecule has 3 aromatic rings. The molecule has 0 aromatic heterocycles. The second-order valence-corrected chi connectivity index (χ2v) is 12.9. The Morgan fingerprint density at radius 1 is 0.900 bits per heavy atom. The van der Waals surface area contributed by atoms with E-state index in [4.69, 9.17) is 18.9 Å². The molecule has 0 bridgehead atoms. The second kappa shape index (κ2) is 10.8. The summed E-state index contributed by atoms with van der Waals surface area (Å²) in [4.78, 5) is 2.43. The van der Waals surface area contributed by atoms with Crippen molar-refractivity contribution in [2.45, 2.75) is 69.4 Å². The minimum Gasteiger partial charge on any atom is -0.488 e. The Balaban J connectivity index is 1.23. The van der Waals surface area contributed by atoms with Crippen molar-refractivity contribution in [2.75, 3.05) is 38.8 Å². The monoisotopic (exact) mass is 541 g/mol. The molecule has 0 radical (unpaired) electrons. The highest BCUT2D eigenvalue weighted by Crippen LogP contribution is 2.48. The number of methoxy groups -OCH3 is 2. The fourth-order valence-corrected chi connectivity index (χ4v) is 7.16. The van der Waals surface area contributed by atoms with Gasteiger partial charge in [-0.3, -0.25) is 0 Å². The van der Waals surface area contributed by atoms with Gasteiger partial charge in [0.25, 0.3) is 0 Å². The fourth-order valence-electron chi connectivity index (χ4n) is 7.16. The van der Waals surface area contributed by atoms with Crippen molar-refractivity contribution >= 4 is 5.69 Å². The molecule has 3 aromatic carbocycles. The molecule has 3 aliphatic rings. The Hall–Kier alpha value is -2.86. The highest BCUT2D eigenvalue weighted by atomic mass is 16.7. The second-order valence-electron chi connectivity index (χ2n) is 12.9. The smallest absolute Gasteiger partial charge is 0.161 e. The summed E-state index contributed by atoms with van der Waals surface area (Å²) < 4.78 is 23.5. The molecule has 1 aliphatic carbocycles. The van der Waals surface area contributed by atoms with Crippen molar-refractivity contribution in [1.82, 2.24) is 0 Å². The lowest BCUT2D eigenvalue weighted by Gasteiger charge is -2.48. The molecule has 0 unspecified atom stereocenters. The molecule has 2 fully saturated rings. The number of anilines is 1. The molecule has 5 nitrogen and oxygen atoms in total. The lowest BCUT2D eigenvalue weighted by Crippen LogP contribution is -2.61. The van der Waals surface area contributed by atoms with Gasteiger partial charge in [0.1, 0.15) is 17.0 Å². The molecule has 3 atom stereocenters. The first kappa shape index (κ1) is 27.3. The van der Waals surface area contributed by atoms with Crippen LogP contribution in [0.4, 0.5) is 5.69 Å². The predicted octanol–water partition coefficient (Wildman–Crippen LogP) is 6.94. The number of ether oxygens (including phenoxy) is 4. The quantitative estimate of drug-likeness (QED) is 0.303. The minimum atomic E-state index is -0.208. The van der Waals surface area contributed by atoms with Gasteiger partial charge in [0.05, 0.1) is 6.61 Å². The number of benzene rings is 3. The van der Waals surface area contributed by atoms with Crippen molar-refractivity contribution < 1.29 is 18.9 Å². The van der Waals surface area contributed by atoms with Crippen LogP contribution >= 0.6 is 0 Å². The van der Waals surface area contributed by atoms with Crippen molar-refractivity contribution in [3.05, 3.63) is 95.1 Å². The lowest BCUT2D eigenvalue weighted by molar-refractivity contribution is -0.136. The van der Waals surface area contributed by atoms with Crippen LogP contribution in [0.2, 0.25) is 0 Å². The van der Waals surface area contributed by atoms with Crippen LogP contribution in [0.3, 0.4) is 0 Å². The van der Waals surface area contributed by atoms with Gasteiger partial charge in [-0.15, -0.1) is 0 Å². The molecule has 6 rings (SSSR count). The van der Waals surface area contributed by atoms with E-state index in [2.05, 4.69) is 98.5 Å². The van der Waals surface area contributed by atoms with E-state index >= 15 is 0 Å². The molecule has 2 aliphatic heterocycles. The molecular weight excluding hydrogens is 498 g/mol. The molecule has 0 amide bonds. The lowest BCUT2D eigenvalue weighted by atomic mass is 9.69. The van der Waals surface area contributed by atoms with Gasteiger partial charge in [-0.05, 0) is 92.5 Å². The molecule has 0 saturated carbocycles. The van der Waals surface area contributed by atoms with Gasteiger partial charge < -0.3 is 23.8 Å². The molecular formula is C35H43NO4. The van der Waals surface area contributed by atoms with Crippen molar-refractivity contribution in [2.24, 2.45) is 5.92 Å². The summed E-state index contributed by atoms with van der Waals surface area (Å²) in [6.07, 6.45) is 2.97. The molecule has 2 heterocycles. The van der Waals surface area contributed by atoms with Crippen molar-refractivity contribution in [3.63, 3.8) is 0 Å². The molecule has 5 heteroatoms. The summed E-state index contributed by atoms with van der Waals surface area (Å²) in [7, 11) is 3.42. The summed E-state index contributed by atoms with van der Waals surface area (Å²) in [5.74, 6) is 2.00. The van der Waals surface area contributed by atoms with Gasteiger partial charge in [0, 0.05) is 44.8 Å². The number of nitrogens with zero attached hydrogens (tertiary/aromatic N) is 1. The van der Waals surface area contributed by atoms with Crippen molar-refractivity contribution in [3.8, 4) is 5.75 Å². The van der Waals surface area contributed by atoms with Gasteiger partial charge in [-0.2, -0.15) is 0 Å². The predicted molar refractivity (Wildman–Crippen MR) is 159 cm³/mol. The Kier molecular flexibility index (Phi) is 7.41. The Bertz CT molecular complexity index is 1290. The first-order valence-corrected chi connectivity index (χ1v) is 14.7. The summed E-state index contributed by atoms with van der Waals surface area (Å²) in [6, 6.07) is 27.1. The van der Waals surface area contributed by atoms with Gasteiger partial charge in [-0.25, -0.2) is 0 Å². The van der Waals surface area contributed by atoms with E-state index in [1.807, 2.05) is 0 Å². The van der Waals surface area contributed by atoms with Crippen molar-refractivity contribution in [1.29, 1.82) is 0 Å². The molecule has 212 valence electrons. The van der Waals surface area contributed by atoms with Gasteiger partial charge in [0.15, 0.2) is 6.29 Å². The van der Waals surface area contributed by atoms with Crippen LogP contribution in [0.15, 0.2) is 72.8 Å². The number of hydrogen-bond donors (Lipinski definition) is 0. The van der Waals surface area contributed by atoms with Crippen LogP contribution in [0.1, 0.15) is 67.7 Å². The third-order valence-electron chi connectivity index (χ3n) is 8.89. The van der Waals surface area contributed by atoms with Crippen LogP contribution in [-0.2, 0) is 20.6 Å². The van der Waals surface area contributed by atoms with E-state index in [-0.39, 0.29) is 23.4 Å². The Morgan fingerprint density at radius 3 is 2.30 bits per heavy atom. The average Bonchev–Trinajstić information content (AvgIpc) is 3.38. The SMILES string of the molecule is COC(OC)[C@H]1COC2(C1)CN(c1ccc([C@@H]3c4ccc(OC(C)(C)C)cc4CC[C@@H]3c3ccccc3)cc1)C2. The molecule has 1 spiro atoms. The largest absolute Gasteiger partial charge is 0.488 e. The minimum absolute atomic E-state index is 0.0772. The highest BCUT2D eigenvalue weighted by molar-refractivity contribution is 5.55. The third-order valence-corrected chi connectivity index (χ3v) is 8.89. The van der Waals surface area contributed by atoms with Crippen LogP contribution in [0.25, 0.3) is 0 Å². The maximum atomic E-state index is 6.27. The van der Waals surface area contributed by atoms with E-state index < -0.39 is 0 Å². The van der Waals surface area contributed by atoms with Crippen LogP contribution < -0.4 is 9.64 Å². The third kappa shape index (κ3) is 5.39. The maximum absolute atomic E-state index is 6.27. The van der Waals surface area contributed by atoms with Gasteiger partial charge >= 0.3 is 0 Å². The normalized spacial score (nSPS) is 23.8. The summed E-state index contributed by atoms with van der Waals surface area (Å²) >= 11 is 0. The van der Waals surface area contributed by atoms with E-state index in [0.29, 0.717) is 18.4 Å². The van der Waals surface area contributed by atoms with E-state index in [1.165, 1.54) is 27.9 Å². The highest BCUT2D eigenvalue weighted by Gasteiger charge is 2.51. The van der Waals surface area contributed by atoms with E-state index in [1.54, 1.807) is 14.2 Å². The average molecular weight is 542 g/mol. The number of aryl methyl sites for hydroxylation is 1. The van der Waals surface area contributed by atoms with E-state index in [0.717, 1.165) is 38.1 Å². The summed E-state index contributed by atoms with van der Waals surface area (Å²) in [5, 5.41) is 0. The number of hydrogen-bond acceptors (Lipinski definition) is 5. The standard InChI is InChI=1S/C35H43NO4/c1-34(2,3)40-29-16-18-31-26(19-29)13-17-30(24-9-7-6-8-10-24)32(31)25-11-14-28(15-12-25)36-22-35(23-36)20-27(21-39-35)33(37-4)38-5/h6-12,14-16,18-19,27,30,32-33H,13,17,20-23H2,1-5H3/t27-,30-,32+/m1/s1. The van der Waals surface area contributed by atoms with E-state index in [9.17, 15) is 0 Å². The first-order valence-electron chi connectivity index (χ1n) is 14.7. The molecule has 2 saturated heterocycles. The molecule has 0 N–H and O–H groups in total. The van der Waals surface area contributed by atoms with Crippen LogP contribution in [0.5, 0.6) is 5.75 Å². The zero-order valence-corrected chi connectivity index (χ0v) is 24.6. The van der Waals surface area contributed by atoms with Crippen LogP contribution in [0, 0.1) is 5.92 Å². The number of rotatable bonds is 7. The number of fused-ring (bicyclic) bond motifs is 1. The fraction of sp³-hybridized carbons (Fsp3) is 0.486. The Morgan fingerprint density at radius 2 is 1.62 bits per heavy atom. The topological polar surface area (TPSA) is 40.2 Å².